The molecule has 0 saturated carbocycles. The highest BCUT2D eigenvalue weighted by Crippen LogP contribution is 2.29. The van der Waals surface area contributed by atoms with Crippen molar-refractivity contribution in [1.29, 1.82) is 0 Å². The lowest BCUT2D eigenvalue weighted by atomic mass is 10.2. The number of aliphatic imine (C=N–C) groups is 1. The molecule has 0 aliphatic carbocycles. The number of halogens is 3. The molecule has 1 aliphatic rings. The third-order valence-corrected chi connectivity index (χ3v) is 4.32. The molecule has 10 heteroatoms. The van der Waals surface area contributed by atoms with Crippen molar-refractivity contribution in [2.75, 3.05) is 0 Å². The van der Waals surface area contributed by atoms with Crippen molar-refractivity contribution < 1.29 is 30.5 Å². The van der Waals surface area contributed by atoms with Gasteiger partial charge in [-0.3, -0.25) is 0 Å². The first-order valence-electron chi connectivity index (χ1n) is 7.58. The average Bonchev–Trinajstić information content (AvgIpc) is 3.23. The lowest BCUT2D eigenvalue weighted by Crippen LogP contribution is -2.27. The van der Waals surface area contributed by atoms with Crippen molar-refractivity contribution >= 4 is 22.1 Å². The van der Waals surface area contributed by atoms with Gasteiger partial charge in [-0.2, -0.15) is 21.6 Å². The van der Waals surface area contributed by atoms with Gasteiger partial charge in [0.25, 0.3) is 0 Å². The standard InChI is InChI=1S/C17H13F3N2O4S/c18-17(19,20)27(23,24)26-16-10-15(25-11-12-5-2-1-3-6-12)14(22-16)9-13-7-4-8-21-13/h1-10,21H,11H2/b14-9-. The Kier molecular flexibility index (Phi) is 5.08. The first-order valence-corrected chi connectivity index (χ1v) is 8.99. The summed E-state index contributed by atoms with van der Waals surface area (Å²) in [6, 6.07) is 12.4. The van der Waals surface area contributed by atoms with E-state index < -0.39 is 21.5 Å². The molecule has 0 unspecified atom stereocenters. The maximum atomic E-state index is 12.5. The Morgan fingerprint density at radius 1 is 1.11 bits per heavy atom. The second kappa shape index (κ2) is 7.31. The number of aromatic nitrogens is 1. The molecule has 6 nitrogen and oxygen atoms in total. The number of nitrogens with one attached hydrogen (secondary N) is 1. The topological polar surface area (TPSA) is 80.8 Å². The van der Waals surface area contributed by atoms with Crippen LogP contribution in [0.2, 0.25) is 0 Å². The third kappa shape index (κ3) is 4.59. The van der Waals surface area contributed by atoms with Gasteiger partial charge < -0.3 is 13.9 Å². The van der Waals surface area contributed by atoms with Gasteiger partial charge in [-0.05, 0) is 23.8 Å². The van der Waals surface area contributed by atoms with Crippen LogP contribution in [0.3, 0.4) is 0 Å². The number of benzene rings is 1. The second-order valence-electron chi connectivity index (χ2n) is 5.37. The van der Waals surface area contributed by atoms with Gasteiger partial charge >= 0.3 is 15.6 Å². The van der Waals surface area contributed by atoms with Gasteiger partial charge in [-0.15, -0.1) is 0 Å². The Hall–Kier alpha value is -3.01. The quantitative estimate of drug-likeness (QED) is 0.615. The van der Waals surface area contributed by atoms with Crippen molar-refractivity contribution in [2.45, 2.75) is 12.1 Å². The summed E-state index contributed by atoms with van der Waals surface area (Å²) >= 11 is 0. The maximum Gasteiger partial charge on any atom is 0.534 e. The van der Waals surface area contributed by atoms with Crippen LogP contribution in [0.1, 0.15) is 11.3 Å². The zero-order valence-electron chi connectivity index (χ0n) is 13.6. The largest absolute Gasteiger partial charge is 0.534 e. The molecule has 1 aromatic carbocycles. The number of ether oxygens (including phenoxy) is 1. The first kappa shape index (κ1) is 18.8. The highest BCUT2D eigenvalue weighted by atomic mass is 32.2. The van der Waals surface area contributed by atoms with Crippen LogP contribution < -0.4 is 0 Å². The predicted molar refractivity (Wildman–Crippen MR) is 91.6 cm³/mol. The van der Waals surface area contributed by atoms with Crippen LogP contribution in [-0.2, 0) is 25.6 Å². The fraction of sp³-hybridized carbons (Fsp3) is 0.118. The lowest BCUT2D eigenvalue weighted by molar-refractivity contribution is -0.0504. The summed E-state index contributed by atoms with van der Waals surface area (Å²) < 4.78 is 69.6. The van der Waals surface area contributed by atoms with E-state index in [9.17, 15) is 21.6 Å². The van der Waals surface area contributed by atoms with E-state index in [-0.39, 0.29) is 18.1 Å². The van der Waals surface area contributed by atoms with E-state index in [4.69, 9.17) is 4.74 Å². The highest BCUT2D eigenvalue weighted by Gasteiger charge is 2.49. The van der Waals surface area contributed by atoms with E-state index in [1.165, 1.54) is 6.08 Å². The van der Waals surface area contributed by atoms with Gasteiger partial charge in [-0.1, -0.05) is 30.3 Å². The normalized spacial score (nSPS) is 16.2. The molecule has 1 N–H and O–H groups in total. The van der Waals surface area contributed by atoms with E-state index in [0.717, 1.165) is 11.6 Å². The van der Waals surface area contributed by atoms with Crippen molar-refractivity contribution in [3.63, 3.8) is 0 Å². The zero-order chi connectivity index (χ0) is 19.5. The first-order chi connectivity index (χ1) is 12.7. The Balaban J connectivity index is 1.84. The molecule has 1 aliphatic heterocycles. The number of nitrogens with zero attached hydrogens (tertiary/aromatic N) is 1. The maximum absolute atomic E-state index is 12.5. The number of rotatable bonds is 5. The Morgan fingerprint density at radius 2 is 1.85 bits per heavy atom. The highest BCUT2D eigenvalue weighted by molar-refractivity contribution is 7.88. The Labute approximate surface area is 152 Å². The van der Waals surface area contributed by atoms with Crippen LogP contribution in [0.5, 0.6) is 0 Å². The summed E-state index contributed by atoms with van der Waals surface area (Å²) in [4.78, 5) is 6.67. The van der Waals surface area contributed by atoms with Crippen LogP contribution >= 0.6 is 0 Å². The predicted octanol–water partition coefficient (Wildman–Crippen LogP) is 3.73. The molecule has 3 rings (SSSR count). The molecule has 0 radical (unpaired) electrons. The number of H-pyrrole nitrogens is 1. The van der Waals surface area contributed by atoms with Crippen molar-refractivity contribution in [3.05, 3.63) is 77.5 Å². The molecular weight excluding hydrogens is 385 g/mol. The molecular formula is C17H13F3N2O4S. The average molecular weight is 398 g/mol. The monoisotopic (exact) mass is 398 g/mol. The van der Waals surface area contributed by atoms with Gasteiger partial charge in [0, 0.05) is 18.0 Å². The van der Waals surface area contributed by atoms with Crippen LogP contribution in [0.15, 0.2) is 71.2 Å². The van der Waals surface area contributed by atoms with Crippen LogP contribution in [0, 0.1) is 0 Å². The molecule has 0 fully saturated rings. The molecule has 0 bridgehead atoms. The summed E-state index contributed by atoms with van der Waals surface area (Å²) in [5.74, 6) is -0.644. The van der Waals surface area contributed by atoms with E-state index in [0.29, 0.717) is 5.69 Å². The summed E-state index contributed by atoms with van der Waals surface area (Å²) in [6.07, 6.45) is 4.14. The molecule has 0 saturated heterocycles. The fourth-order valence-corrected chi connectivity index (χ4v) is 2.53. The van der Waals surface area contributed by atoms with Crippen LogP contribution in [-0.4, -0.2) is 24.8 Å². The SMILES string of the molecule is O=S(=O)(OC1=N/C(=C\c2ccc[nH]2)C(OCc2ccccc2)=C1)C(F)(F)F. The van der Waals surface area contributed by atoms with E-state index >= 15 is 0 Å². The summed E-state index contributed by atoms with van der Waals surface area (Å²) in [5, 5.41) is 0. The van der Waals surface area contributed by atoms with Gasteiger partial charge in [0.15, 0.2) is 5.76 Å². The summed E-state index contributed by atoms with van der Waals surface area (Å²) in [6.45, 7) is 0.115. The third-order valence-electron chi connectivity index (χ3n) is 3.37. The summed E-state index contributed by atoms with van der Waals surface area (Å²) in [5.41, 5.74) is -4.01. The minimum atomic E-state index is -5.82. The van der Waals surface area contributed by atoms with Gasteiger partial charge in [0.2, 0.25) is 5.90 Å². The van der Waals surface area contributed by atoms with Crippen LogP contribution in [0.25, 0.3) is 6.08 Å². The zero-order valence-corrected chi connectivity index (χ0v) is 14.4. The van der Waals surface area contributed by atoms with Crippen LogP contribution in [0.4, 0.5) is 13.2 Å². The molecule has 0 amide bonds. The van der Waals surface area contributed by atoms with Crippen molar-refractivity contribution in [1.82, 2.24) is 4.98 Å². The second-order valence-corrected chi connectivity index (χ2v) is 6.91. The van der Waals surface area contributed by atoms with Crippen molar-refractivity contribution in [2.24, 2.45) is 4.99 Å². The van der Waals surface area contributed by atoms with Crippen molar-refractivity contribution in [3.8, 4) is 0 Å². The summed E-state index contributed by atoms with van der Waals surface area (Å²) in [7, 11) is -5.82. The molecule has 27 heavy (non-hydrogen) atoms. The van der Waals surface area contributed by atoms with Gasteiger partial charge in [-0.25, -0.2) is 4.99 Å². The van der Waals surface area contributed by atoms with Gasteiger partial charge in [0.05, 0.1) is 0 Å². The lowest BCUT2D eigenvalue weighted by Gasteiger charge is -2.07. The number of hydrogen-bond donors (Lipinski definition) is 1. The Bertz CT molecular complexity index is 993. The fourth-order valence-electron chi connectivity index (χ4n) is 2.13. The molecule has 2 aromatic rings. The number of aromatic amines is 1. The molecule has 0 spiro atoms. The minimum Gasteiger partial charge on any atom is -0.486 e. The molecule has 2 heterocycles. The van der Waals surface area contributed by atoms with E-state index in [2.05, 4.69) is 14.2 Å². The van der Waals surface area contributed by atoms with E-state index in [1.807, 2.05) is 6.07 Å². The smallest absolute Gasteiger partial charge is 0.486 e. The van der Waals surface area contributed by atoms with E-state index in [1.54, 1.807) is 42.6 Å². The number of hydrogen-bond acceptors (Lipinski definition) is 5. The number of alkyl halides is 3. The van der Waals surface area contributed by atoms with Gasteiger partial charge in [0.1, 0.15) is 12.3 Å². The molecule has 0 atom stereocenters. The Morgan fingerprint density at radius 3 is 2.48 bits per heavy atom. The molecule has 1 aromatic heterocycles. The molecule has 142 valence electrons. The minimum absolute atomic E-state index is 0.0841.